The van der Waals surface area contributed by atoms with Crippen LogP contribution in [0.25, 0.3) is 0 Å². The van der Waals surface area contributed by atoms with E-state index >= 15 is 0 Å². The van der Waals surface area contributed by atoms with Crippen LogP contribution in [0.1, 0.15) is 31.2 Å². The van der Waals surface area contributed by atoms with E-state index in [-0.39, 0.29) is 17.2 Å². The van der Waals surface area contributed by atoms with Crippen molar-refractivity contribution < 1.29 is 22.7 Å². The zero-order valence-electron chi connectivity index (χ0n) is 11.6. The Morgan fingerprint density at radius 1 is 1.50 bits per heavy atom. The van der Waals surface area contributed by atoms with Crippen LogP contribution in [0.2, 0.25) is 0 Å². The number of carboxylic acid groups (broad SMARTS) is 1. The standard InChI is InChI=1S/C14H15FN2O4S/c15-12-5-4-11(7-10(12)8-16)22(20,21)17-13(14(18)19)6-9-2-1-3-9/h4-5,7,9,13,17H,1-3,6H2,(H,18,19). The summed E-state index contributed by atoms with van der Waals surface area (Å²) in [4.78, 5) is 10.9. The van der Waals surface area contributed by atoms with E-state index in [1.807, 2.05) is 0 Å². The molecule has 1 aliphatic carbocycles. The molecule has 1 aliphatic rings. The van der Waals surface area contributed by atoms with Gasteiger partial charge in [0.15, 0.2) is 0 Å². The molecule has 2 rings (SSSR count). The first-order valence-corrected chi connectivity index (χ1v) is 8.26. The summed E-state index contributed by atoms with van der Waals surface area (Å²) in [5.74, 6) is -1.88. The van der Waals surface area contributed by atoms with E-state index in [0.29, 0.717) is 0 Å². The molecular weight excluding hydrogens is 311 g/mol. The number of aliphatic carboxylic acids is 1. The summed E-state index contributed by atoms with van der Waals surface area (Å²) >= 11 is 0. The van der Waals surface area contributed by atoms with Gasteiger partial charge in [-0.05, 0) is 30.5 Å². The maximum atomic E-state index is 13.2. The van der Waals surface area contributed by atoms with E-state index in [2.05, 4.69) is 4.72 Å². The molecule has 0 aliphatic heterocycles. The molecule has 118 valence electrons. The summed E-state index contributed by atoms with van der Waals surface area (Å²) in [5.41, 5.74) is -0.409. The molecule has 8 heteroatoms. The van der Waals surface area contributed by atoms with Gasteiger partial charge >= 0.3 is 5.97 Å². The Hall–Kier alpha value is -1.98. The van der Waals surface area contributed by atoms with Gasteiger partial charge in [-0.3, -0.25) is 4.79 Å². The van der Waals surface area contributed by atoms with Crippen LogP contribution in [0.15, 0.2) is 23.1 Å². The number of sulfonamides is 1. The fourth-order valence-electron chi connectivity index (χ4n) is 2.27. The number of hydrogen-bond donors (Lipinski definition) is 2. The molecule has 0 heterocycles. The van der Waals surface area contributed by atoms with Crippen molar-refractivity contribution in [3.8, 4) is 6.07 Å². The van der Waals surface area contributed by atoms with Crippen molar-refractivity contribution in [3.63, 3.8) is 0 Å². The Balaban J connectivity index is 2.21. The van der Waals surface area contributed by atoms with Crippen molar-refractivity contribution in [3.05, 3.63) is 29.6 Å². The highest BCUT2D eigenvalue weighted by molar-refractivity contribution is 7.89. The smallest absolute Gasteiger partial charge is 0.321 e. The number of carboxylic acids is 1. The normalized spacial score (nSPS) is 16.5. The van der Waals surface area contributed by atoms with Crippen molar-refractivity contribution in [1.29, 1.82) is 5.26 Å². The Bertz CT molecular complexity index is 723. The van der Waals surface area contributed by atoms with Crippen molar-refractivity contribution in [2.75, 3.05) is 0 Å². The SMILES string of the molecule is N#Cc1cc(S(=O)(=O)NC(CC2CCC2)C(=O)O)ccc1F. The van der Waals surface area contributed by atoms with Gasteiger partial charge in [-0.1, -0.05) is 19.3 Å². The summed E-state index contributed by atoms with van der Waals surface area (Å²) in [6.45, 7) is 0. The van der Waals surface area contributed by atoms with Crippen LogP contribution >= 0.6 is 0 Å². The summed E-state index contributed by atoms with van der Waals surface area (Å²) in [7, 11) is -4.13. The van der Waals surface area contributed by atoms with E-state index in [9.17, 15) is 17.6 Å². The van der Waals surface area contributed by atoms with Gasteiger partial charge in [0.25, 0.3) is 0 Å². The van der Waals surface area contributed by atoms with Gasteiger partial charge in [0.2, 0.25) is 10.0 Å². The quantitative estimate of drug-likeness (QED) is 0.826. The van der Waals surface area contributed by atoms with Crippen molar-refractivity contribution in [2.45, 2.75) is 36.6 Å². The van der Waals surface area contributed by atoms with Crippen LogP contribution in [0.5, 0.6) is 0 Å². The highest BCUT2D eigenvalue weighted by Gasteiger charge is 2.30. The van der Waals surface area contributed by atoms with Gasteiger partial charge in [0.1, 0.15) is 17.9 Å². The topological polar surface area (TPSA) is 107 Å². The first-order chi connectivity index (χ1) is 10.3. The lowest BCUT2D eigenvalue weighted by molar-refractivity contribution is -0.139. The number of nitrogens with one attached hydrogen (secondary N) is 1. The minimum Gasteiger partial charge on any atom is -0.480 e. The molecule has 0 saturated heterocycles. The third kappa shape index (κ3) is 3.61. The third-order valence-electron chi connectivity index (χ3n) is 3.76. The minimum atomic E-state index is -4.13. The predicted octanol–water partition coefficient (Wildman–Crippen LogP) is 1.62. The number of benzene rings is 1. The number of halogens is 1. The number of nitrogens with zero attached hydrogens (tertiary/aromatic N) is 1. The van der Waals surface area contributed by atoms with Gasteiger partial charge in [0.05, 0.1) is 10.5 Å². The number of rotatable bonds is 6. The molecule has 0 bridgehead atoms. The third-order valence-corrected chi connectivity index (χ3v) is 5.23. The fourth-order valence-corrected chi connectivity index (χ4v) is 3.50. The van der Waals surface area contributed by atoms with Gasteiger partial charge in [-0.25, -0.2) is 12.8 Å². The van der Waals surface area contributed by atoms with Gasteiger partial charge < -0.3 is 5.11 Å². The van der Waals surface area contributed by atoms with E-state index in [1.54, 1.807) is 6.07 Å². The molecule has 6 nitrogen and oxygen atoms in total. The number of nitriles is 1. The van der Waals surface area contributed by atoms with Crippen LogP contribution in [-0.4, -0.2) is 25.5 Å². The summed E-state index contributed by atoms with van der Waals surface area (Å²) in [6.07, 6.45) is 3.02. The highest BCUT2D eigenvalue weighted by Crippen LogP contribution is 2.30. The number of carbonyl (C=O) groups is 1. The molecule has 1 fully saturated rings. The Morgan fingerprint density at radius 2 is 2.18 bits per heavy atom. The van der Waals surface area contributed by atoms with Crippen LogP contribution in [0.3, 0.4) is 0 Å². The molecular formula is C14H15FN2O4S. The minimum absolute atomic E-state index is 0.201. The Labute approximate surface area is 127 Å². The zero-order chi connectivity index (χ0) is 16.3. The molecule has 0 aromatic heterocycles. The molecule has 1 atom stereocenters. The molecule has 2 N–H and O–H groups in total. The highest BCUT2D eigenvalue weighted by atomic mass is 32.2. The van der Waals surface area contributed by atoms with Crippen LogP contribution < -0.4 is 4.72 Å². The largest absolute Gasteiger partial charge is 0.480 e. The molecule has 0 amide bonds. The van der Waals surface area contributed by atoms with Gasteiger partial charge in [0, 0.05) is 0 Å². The Morgan fingerprint density at radius 3 is 2.68 bits per heavy atom. The second kappa shape index (κ2) is 6.42. The van der Waals surface area contributed by atoms with Gasteiger partial charge in [-0.15, -0.1) is 0 Å². The average molecular weight is 326 g/mol. The predicted molar refractivity (Wildman–Crippen MR) is 74.8 cm³/mol. The van der Waals surface area contributed by atoms with Crippen LogP contribution in [0, 0.1) is 23.1 Å². The first kappa shape index (κ1) is 16.4. The lowest BCUT2D eigenvalue weighted by atomic mass is 9.81. The Kier molecular flexibility index (Phi) is 4.78. The zero-order valence-corrected chi connectivity index (χ0v) is 12.4. The molecule has 0 radical (unpaired) electrons. The molecule has 1 aromatic rings. The molecule has 1 aromatic carbocycles. The van der Waals surface area contributed by atoms with Gasteiger partial charge in [-0.2, -0.15) is 9.98 Å². The van der Waals surface area contributed by atoms with E-state index < -0.39 is 33.4 Å². The summed E-state index contributed by atoms with van der Waals surface area (Å²) in [6, 6.07) is 3.08. The molecule has 22 heavy (non-hydrogen) atoms. The maximum absolute atomic E-state index is 13.2. The van der Waals surface area contributed by atoms with Crippen molar-refractivity contribution in [2.24, 2.45) is 5.92 Å². The summed E-state index contributed by atoms with van der Waals surface area (Å²) in [5, 5.41) is 17.9. The van der Waals surface area contributed by atoms with E-state index in [1.165, 1.54) is 0 Å². The second-order valence-electron chi connectivity index (χ2n) is 5.30. The summed E-state index contributed by atoms with van der Waals surface area (Å²) < 4.78 is 39.8. The van der Waals surface area contributed by atoms with Crippen LogP contribution in [0.4, 0.5) is 4.39 Å². The average Bonchev–Trinajstić information content (AvgIpc) is 2.41. The molecule has 1 saturated carbocycles. The van der Waals surface area contributed by atoms with Crippen molar-refractivity contribution in [1.82, 2.24) is 4.72 Å². The van der Waals surface area contributed by atoms with Crippen molar-refractivity contribution >= 4 is 16.0 Å². The first-order valence-electron chi connectivity index (χ1n) is 6.78. The fraction of sp³-hybridized carbons (Fsp3) is 0.429. The lowest BCUT2D eigenvalue weighted by Gasteiger charge is -2.28. The van der Waals surface area contributed by atoms with E-state index in [4.69, 9.17) is 10.4 Å². The molecule has 0 spiro atoms. The maximum Gasteiger partial charge on any atom is 0.321 e. The number of hydrogen-bond acceptors (Lipinski definition) is 4. The monoisotopic (exact) mass is 326 g/mol. The molecule has 1 unspecified atom stereocenters. The second-order valence-corrected chi connectivity index (χ2v) is 7.01. The van der Waals surface area contributed by atoms with Crippen LogP contribution in [-0.2, 0) is 14.8 Å². The van der Waals surface area contributed by atoms with E-state index in [0.717, 1.165) is 37.5 Å². The lowest BCUT2D eigenvalue weighted by Crippen LogP contribution is -2.42.